The van der Waals surface area contributed by atoms with Crippen LogP contribution in [0.3, 0.4) is 0 Å². The second-order valence-electron chi connectivity index (χ2n) is 3.58. The molecule has 1 fully saturated rings. The molecule has 0 aromatic carbocycles. The van der Waals surface area contributed by atoms with Crippen LogP contribution in [0.5, 0.6) is 0 Å². The third-order valence-electron chi connectivity index (χ3n) is 2.74. The van der Waals surface area contributed by atoms with Crippen molar-refractivity contribution in [3.05, 3.63) is 0 Å². The Morgan fingerprint density at radius 2 is 2.46 bits per heavy atom. The van der Waals surface area contributed by atoms with Crippen LogP contribution in [0.4, 0.5) is 0 Å². The molecule has 4 heteroatoms. The minimum absolute atomic E-state index is 0.124. The minimum Gasteiger partial charge on any atom is -0.468 e. The maximum absolute atomic E-state index is 11.2. The van der Waals surface area contributed by atoms with Crippen molar-refractivity contribution >= 4 is 5.97 Å². The third-order valence-corrected chi connectivity index (χ3v) is 2.74. The van der Waals surface area contributed by atoms with Gasteiger partial charge in [-0.1, -0.05) is 0 Å². The number of likely N-dealkylation sites (tertiary alicyclic amines) is 1. The van der Waals surface area contributed by atoms with Gasteiger partial charge in [0.25, 0.3) is 0 Å². The summed E-state index contributed by atoms with van der Waals surface area (Å²) in [4.78, 5) is 13.3. The maximum Gasteiger partial charge on any atom is 0.322 e. The van der Waals surface area contributed by atoms with Gasteiger partial charge in [-0.25, -0.2) is 0 Å². The standard InChI is InChI=1S/C9H18N2O2/c1-7(9(12)13-2)11-4-3-8(5-10)6-11/h7-8H,3-6,10H2,1-2H3. The third kappa shape index (κ3) is 2.42. The van der Waals surface area contributed by atoms with Crippen molar-refractivity contribution in [2.45, 2.75) is 19.4 Å². The summed E-state index contributed by atoms with van der Waals surface area (Å²) in [6.45, 7) is 4.47. The molecule has 0 amide bonds. The van der Waals surface area contributed by atoms with E-state index in [-0.39, 0.29) is 12.0 Å². The number of hydrogen-bond donors (Lipinski definition) is 1. The topological polar surface area (TPSA) is 55.6 Å². The van der Waals surface area contributed by atoms with Gasteiger partial charge in [0.15, 0.2) is 0 Å². The van der Waals surface area contributed by atoms with E-state index in [9.17, 15) is 4.79 Å². The molecule has 0 radical (unpaired) electrons. The summed E-state index contributed by atoms with van der Waals surface area (Å²) in [5, 5.41) is 0. The Kier molecular flexibility index (Phi) is 3.69. The van der Waals surface area contributed by atoms with Crippen molar-refractivity contribution in [1.29, 1.82) is 0 Å². The number of methoxy groups -OCH3 is 1. The number of carbonyl (C=O) groups excluding carboxylic acids is 1. The summed E-state index contributed by atoms with van der Waals surface area (Å²) in [5.74, 6) is 0.393. The van der Waals surface area contributed by atoms with Crippen LogP contribution in [-0.4, -0.2) is 43.7 Å². The van der Waals surface area contributed by atoms with E-state index in [0.717, 1.165) is 19.5 Å². The summed E-state index contributed by atoms with van der Waals surface area (Å²) in [6.07, 6.45) is 1.10. The highest BCUT2D eigenvalue weighted by Gasteiger charge is 2.29. The van der Waals surface area contributed by atoms with Crippen molar-refractivity contribution < 1.29 is 9.53 Å². The Bertz CT molecular complexity index is 184. The zero-order valence-corrected chi connectivity index (χ0v) is 8.32. The van der Waals surface area contributed by atoms with Crippen molar-refractivity contribution in [2.24, 2.45) is 11.7 Å². The highest BCUT2D eigenvalue weighted by molar-refractivity contribution is 5.75. The van der Waals surface area contributed by atoms with Gasteiger partial charge in [-0.2, -0.15) is 0 Å². The number of rotatable bonds is 3. The van der Waals surface area contributed by atoms with E-state index in [1.165, 1.54) is 7.11 Å². The largest absolute Gasteiger partial charge is 0.468 e. The number of esters is 1. The van der Waals surface area contributed by atoms with Crippen LogP contribution in [0.2, 0.25) is 0 Å². The van der Waals surface area contributed by atoms with Gasteiger partial charge < -0.3 is 10.5 Å². The summed E-state index contributed by atoms with van der Waals surface area (Å²) in [5.41, 5.74) is 5.56. The summed E-state index contributed by atoms with van der Waals surface area (Å²) in [6, 6.07) is -0.124. The lowest BCUT2D eigenvalue weighted by atomic mass is 10.1. The molecule has 4 nitrogen and oxygen atoms in total. The van der Waals surface area contributed by atoms with Crippen LogP contribution in [-0.2, 0) is 9.53 Å². The lowest BCUT2D eigenvalue weighted by Crippen LogP contribution is -2.38. The lowest BCUT2D eigenvalue weighted by Gasteiger charge is -2.21. The van der Waals surface area contributed by atoms with Gasteiger partial charge in [-0.15, -0.1) is 0 Å². The minimum atomic E-state index is -0.155. The van der Waals surface area contributed by atoms with Crippen LogP contribution in [0.25, 0.3) is 0 Å². The van der Waals surface area contributed by atoms with E-state index in [1.54, 1.807) is 0 Å². The Labute approximate surface area is 79.0 Å². The molecule has 0 aliphatic carbocycles. The van der Waals surface area contributed by atoms with Crippen molar-refractivity contribution in [2.75, 3.05) is 26.7 Å². The summed E-state index contributed by atoms with van der Waals surface area (Å²) >= 11 is 0. The average molecular weight is 186 g/mol. The van der Waals surface area contributed by atoms with E-state index in [4.69, 9.17) is 5.73 Å². The fraction of sp³-hybridized carbons (Fsp3) is 0.889. The number of nitrogens with zero attached hydrogens (tertiary/aromatic N) is 1. The molecule has 2 N–H and O–H groups in total. The molecule has 2 atom stereocenters. The molecule has 0 aromatic rings. The monoisotopic (exact) mass is 186 g/mol. The van der Waals surface area contributed by atoms with Crippen molar-refractivity contribution in [1.82, 2.24) is 4.90 Å². The summed E-state index contributed by atoms with van der Waals surface area (Å²) in [7, 11) is 1.43. The number of carbonyl (C=O) groups is 1. The van der Waals surface area contributed by atoms with Crippen molar-refractivity contribution in [3.63, 3.8) is 0 Å². The molecule has 1 rings (SSSR count). The molecule has 0 saturated carbocycles. The first kappa shape index (κ1) is 10.5. The predicted octanol–water partition coefficient (Wildman–Crippen LogP) is -0.171. The van der Waals surface area contributed by atoms with Gasteiger partial charge in [-0.05, 0) is 32.4 Å². The molecule has 0 aromatic heterocycles. The molecule has 1 aliphatic rings. The number of ether oxygens (including phenoxy) is 1. The summed E-state index contributed by atoms with van der Waals surface area (Å²) < 4.78 is 4.68. The SMILES string of the molecule is COC(=O)C(C)N1CCC(CN)C1. The van der Waals surface area contributed by atoms with Gasteiger partial charge in [0.05, 0.1) is 7.11 Å². The first-order valence-corrected chi connectivity index (χ1v) is 4.71. The van der Waals surface area contributed by atoms with Gasteiger partial charge in [0.2, 0.25) is 0 Å². The molecule has 2 unspecified atom stereocenters. The number of hydrogen-bond acceptors (Lipinski definition) is 4. The van der Waals surface area contributed by atoms with E-state index < -0.39 is 0 Å². The van der Waals surface area contributed by atoms with E-state index in [1.807, 2.05) is 6.92 Å². The van der Waals surface area contributed by atoms with Crippen molar-refractivity contribution in [3.8, 4) is 0 Å². The van der Waals surface area contributed by atoms with Crippen LogP contribution in [0.1, 0.15) is 13.3 Å². The highest BCUT2D eigenvalue weighted by atomic mass is 16.5. The molecule has 1 heterocycles. The van der Waals surface area contributed by atoms with Gasteiger partial charge in [0, 0.05) is 6.54 Å². The Morgan fingerprint density at radius 1 is 1.77 bits per heavy atom. The fourth-order valence-electron chi connectivity index (χ4n) is 1.73. The fourth-order valence-corrected chi connectivity index (χ4v) is 1.73. The van der Waals surface area contributed by atoms with E-state index >= 15 is 0 Å². The highest BCUT2D eigenvalue weighted by Crippen LogP contribution is 2.17. The molecular formula is C9H18N2O2. The zero-order chi connectivity index (χ0) is 9.84. The smallest absolute Gasteiger partial charge is 0.322 e. The number of nitrogens with two attached hydrogens (primary N) is 1. The molecule has 13 heavy (non-hydrogen) atoms. The quantitative estimate of drug-likeness (QED) is 0.622. The van der Waals surface area contributed by atoms with Gasteiger partial charge in [0.1, 0.15) is 6.04 Å². The first-order valence-electron chi connectivity index (χ1n) is 4.71. The predicted molar refractivity (Wildman–Crippen MR) is 50.2 cm³/mol. The van der Waals surface area contributed by atoms with E-state index in [2.05, 4.69) is 9.64 Å². The Balaban J connectivity index is 2.41. The average Bonchev–Trinajstić information content (AvgIpc) is 2.63. The maximum atomic E-state index is 11.2. The van der Waals surface area contributed by atoms with Crippen LogP contribution < -0.4 is 5.73 Å². The molecular weight excluding hydrogens is 168 g/mol. The van der Waals surface area contributed by atoms with Crippen LogP contribution >= 0.6 is 0 Å². The van der Waals surface area contributed by atoms with Crippen LogP contribution in [0, 0.1) is 5.92 Å². The van der Waals surface area contributed by atoms with Gasteiger partial charge >= 0.3 is 5.97 Å². The molecule has 0 bridgehead atoms. The molecule has 0 spiro atoms. The first-order chi connectivity index (χ1) is 6.19. The molecule has 1 saturated heterocycles. The van der Waals surface area contributed by atoms with Crippen LogP contribution in [0.15, 0.2) is 0 Å². The molecule has 1 aliphatic heterocycles. The normalized spacial score (nSPS) is 25.9. The van der Waals surface area contributed by atoms with Gasteiger partial charge in [-0.3, -0.25) is 9.69 Å². The van der Waals surface area contributed by atoms with E-state index in [0.29, 0.717) is 12.5 Å². The second kappa shape index (κ2) is 4.58. The Morgan fingerprint density at radius 3 is 2.92 bits per heavy atom. The zero-order valence-electron chi connectivity index (χ0n) is 8.32. The second-order valence-corrected chi connectivity index (χ2v) is 3.58. The molecule has 76 valence electrons. The lowest BCUT2D eigenvalue weighted by molar-refractivity contribution is -0.145. The Hall–Kier alpha value is -0.610.